The van der Waals surface area contributed by atoms with Crippen LogP contribution in [0.3, 0.4) is 0 Å². The standard InChI is InChI=1S/C14H21N5O/c1-4-5-19-10-13(8-17-19)20-14-9-15-6-12(18-14)7-16-11(2)3/h6,8-11,16H,4-5,7H2,1-3H3. The van der Waals surface area contributed by atoms with Crippen LogP contribution in [-0.4, -0.2) is 25.8 Å². The van der Waals surface area contributed by atoms with E-state index in [1.165, 1.54) is 0 Å². The summed E-state index contributed by atoms with van der Waals surface area (Å²) in [5.41, 5.74) is 0.858. The summed E-state index contributed by atoms with van der Waals surface area (Å²) in [6.45, 7) is 7.86. The number of aromatic nitrogens is 4. The molecule has 6 nitrogen and oxygen atoms in total. The topological polar surface area (TPSA) is 64.9 Å². The SMILES string of the molecule is CCCn1cc(Oc2cncc(CNC(C)C)n2)cn1. The molecule has 0 saturated carbocycles. The van der Waals surface area contributed by atoms with Crippen molar-refractivity contribution < 1.29 is 4.74 Å². The molecule has 0 saturated heterocycles. The van der Waals surface area contributed by atoms with Crippen molar-refractivity contribution >= 4 is 0 Å². The molecule has 0 radical (unpaired) electrons. The highest BCUT2D eigenvalue weighted by atomic mass is 16.5. The van der Waals surface area contributed by atoms with Gasteiger partial charge in [-0.1, -0.05) is 20.8 Å². The third-order valence-electron chi connectivity index (χ3n) is 2.64. The molecule has 0 spiro atoms. The summed E-state index contributed by atoms with van der Waals surface area (Å²) in [6.07, 6.45) is 7.94. The Balaban J connectivity index is 1.99. The highest BCUT2D eigenvalue weighted by molar-refractivity contribution is 5.20. The van der Waals surface area contributed by atoms with Gasteiger partial charge in [-0.05, 0) is 6.42 Å². The lowest BCUT2D eigenvalue weighted by Gasteiger charge is -2.08. The van der Waals surface area contributed by atoms with E-state index >= 15 is 0 Å². The quantitative estimate of drug-likeness (QED) is 0.840. The molecule has 1 N–H and O–H groups in total. The fourth-order valence-electron chi connectivity index (χ4n) is 1.70. The van der Waals surface area contributed by atoms with Gasteiger partial charge in [0.15, 0.2) is 5.75 Å². The molecule has 0 unspecified atom stereocenters. The van der Waals surface area contributed by atoms with Crippen LogP contribution in [0.5, 0.6) is 11.6 Å². The molecule has 2 aromatic rings. The van der Waals surface area contributed by atoms with E-state index in [9.17, 15) is 0 Å². The number of ether oxygens (including phenoxy) is 1. The van der Waals surface area contributed by atoms with Crippen LogP contribution in [0.2, 0.25) is 0 Å². The van der Waals surface area contributed by atoms with Crippen LogP contribution < -0.4 is 10.1 Å². The normalized spacial score (nSPS) is 11.0. The maximum Gasteiger partial charge on any atom is 0.238 e. The Morgan fingerprint density at radius 2 is 2.15 bits per heavy atom. The largest absolute Gasteiger partial charge is 0.434 e. The maximum absolute atomic E-state index is 5.67. The lowest BCUT2D eigenvalue weighted by molar-refractivity contribution is 0.453. The molecule has 0 aliphatic rings. The number of nitrogens with one attached hydrogen (secondary N) is 1. The van der Waals surface area contributed by atoms with E-state index in [0.29, 0.717) is 24.2 Å². The smallest absolute Gasteiger partial charge is 0.238 e. The summed E-state index contributed by atoms with van der Waals surface area (Å²) in [6, 6.07) is 0.411. The first-order valence-electron chi connectivity index (χ1n) is 6.92. The fourth-order valence-corrected chi connectivity index (χ4v) is 1.70. The summed E-state index contributed by atoms with van der Waals surface area (Å²) >= 11 is 0. The molecule has 0 aliphatic heterocycles. The van der Waals surface area contributed by atoms with Crippen LogP contribution in [0.25, 0.3) is 0 Å². The minimum absolute atomic E-state index is 0.411. The van der Waals surface area contributed by atoms with Crippen molar-refractivity contribution in [3.8, 4) is 11.6 Å². The molecule has 2 aromatic heterocycles. The van der Waals surface area contributed by atoms with Gasteiger partial charge in [0.05, 0.1) is 24.3 Å². The Morgan fingerprint density at radius 3 is 2.90 bits per heavy atom. The third-order valence-corrected chi connectivity index (χ3v) is 2.64. The van der Waals surface area contributed by atoms with Crippen LogP contribution in [-0.2, 0) is 13.1 Å². The van der Waals surface area contributed by atoms with Crippen LogP contribution in [0.4, 0.5) is 0 Å². The second kappa shape index (κ2) is 7.00. The predicted molar refractivity (Wildman–Crippen MR) is 76.6 cm³/mol. The zero-order valence-corrected chi connectivity index (χ0v) is 12.2. The van der Waals surface area contributed by atoms with Crippen LogP contribution in [0, 0.1) is 0 Å². The molecule has 20 heavy (non-hydrogen) atoms. The minimum Gasteiger partial charge on any atom is -0.434 e. The summed E-state index contributed by atoms with van der Waals surface area (Å²) in [7, 11) is 0. The lowest BCUT2D eigenvalue weighted by atomic mass is 10.3. The van der Waals surface area contributed by atoms with Gasteiger partial charge in [0.2, 0.25) is 5.88 Å². The summed E-state index contributed by atoms with van der Waals surface area (Å²) in [4.78, 5) is 8.56. The van der Waals surface area contributed by atoms with Crippen molar-refractivity contribution in [1.29, 1.82) is 0 Å². The Hall–Kier alpha value is -1.95. The number of aryl methyl sites for hydroxylation is 1. The molecule has 0 aromatic carbocycles. The Labute approximate surface area is 119 Å². The molecular formula is C14H21N5O. The van der Waals surface area contributed by atoms with Crippen molar-refractivity contribution in [3.63, 3.8) is 0 Å². The van der Waals surface area contributed by atoms with Gasteiger partial charge < -0.3 is 10.1 Å². The van der Waals surface area contributed by atoms with E-state index in [0.717, 1.165) is 18.7 Å². The first kappa shape index (κ1) is 14.5. The number of nitrogens with zero attached hydrogens (tertiary/aromatic N) is 4. The number of hydrogen-bond acceptors (Lipinski definition) is 5. The molecule has 2 rings (SSSR count). The second-order valence-corrected chi connectivity index (χ2v) is 4.93. The van der Waals surface area contributed by atoms with Gasteiger partial charge in [0, 0.05) is 25.3 Å². The Kier molecular flexibility index (Phi) is 5.06. The fraction of sp³-hybridized carbons (Fsp3) is 0.500. The molecule has 6 heteroatoms. The highest BCUT2D eigenvalue weighted by Gasteiger charge is 2.04. The van der Waals surface area contributed by atoms with Gasteiger partial charge in [-0.3, -0.25) is 9.67 Å². The molecule has 0 atom stereocenters. The molecule has 0 fully saturated rings. The van der Waals surface area contributed by atoms with Gasteiger partial charge in [0.25, 0.3) is 0 Å². The molecular weight excluding hydrogens is 254 g/mol. The first-order valence-corrected chi connectivity index (χ1v) is 6.92. The maximum atomic E-state index is 5.67. The molecule has 0 aliphatic carbocycles. The van der Waals surface area contributed by atoms with Gasteiger partial charge in [-0.2, -0.15) is 5.10 Å². The highest BCUT2D eigenvalue weighted by Crippen LogP contribution is 2.17. The van der Waals surface area contributed by atoms with Crippen molar-refractivity contribution in [3.05, 3.63) is 30.5 Å². The van der Waals surface area contributed by atoms with Gasteiger partial charge in [0.1, 0.15) is 0 Å². The average Bonchev–Trinajstić information content (AvgIpc) is 2.85. The van der Waals surface area contributed by atoms with Gasteiger partial charge >= 0.3 is 0 Å². The van der Waals surface area contributed by atoms with Crippen molar-refractivity contribution in [1.82, 2.24) is 25.1 Å². The van der Waals surface area contributed by atoms with E-state index < -0.39 is 0 Å². The van der Waals surface area contributed by atoms with Gasteiger partial charge in [-0.25, -0.2) is 4.98 Å². The van der Waals surface area contributed by atoms with Crippen molar-refractivity contribution in [2.24, 2.45) is 0 Å². The van der Waals surface area contributed by atoms with E-state index in [-0.39, 0.29) is 0 Å². The van der Waals surface area contributed by atoms with E-state index in [1.54, 1.807) is 18.6 Å². The summed E-state index contributed by atoms with van der Waals surface area (Å²) in [5, 5.41) is 7.51. The van der Waals surface area contributed by atoms with Crippen LogP contribution in [0.1, 0.15) is 32.9 Å². The summed E-state index contributed by atoms with van der Waals surface area (Å²) in [5.74, 6) is 1.17. The van der Waals surface area contributed by atoms with E-state index in [1.807, 2.05) is 10.9 Å². The molecule has 0 amide bonds. The van der Waals surface area contributed by atoms with Crippen molar-refractivity contribution in [2.45, 2.75) is 46.3 Å². The molecule has 2 heterocycles. The van der Waals surface area contributed by atoms with Gasteiger partial charge in [-0.15, -0.1) is 0 Å². The zero-order valence-electron chi connectivity index (χ0n) is 12.2. The number of hydrogen-bond donors (Lipinski definition) is 1. The monoisotopic (exact) mass is 275 g/mol. The first-order chi connectivity index (χ1) is 9.67. The second-order valence-electron chi connectivity index (χ2n) is 4.93. The van der Waals surface area contributed by atoms with E-state index in [2.05, 4.69) is 41.2 Å². The number of rotatable bonds is 7. The van der Waals surface area contributed by atoms with Crippen LogP contribution in [0.15, 0.2) is 24.8 Å². The summed E-state index contributed by atoms with van der Waals surface area (Å²) < 4.78 is 7.52. The van der Waals surface area contributed by atoms with Crippen molar-refractivity contribution in [2.75, 3.05) is 0 Å². The molecule has 108 valence electrons. The average molecular weight is 275 g/mol. The van der Waals surface area contributed by atoms with E-state index in [4.69, 9.17) is 4.74 Å². The zero-order chi connectivity index (χ0) is 14.4. The third kappa shape index (κ3) is 4.31. The molecule has 0 bridgehead atoms. The Bertz CT molecular complexity index is 538. The lowest BCUT2D eigenvalue weighted by Crippen LogP contribution is -2.22. The minimum atomic E-state index is 0.411. The predicted octanol–water partition coefficient (Wildman–Crippen LogP) is 2.37. The van der Waals surface area contributed by atoms with Crippen LogP contribution >= 0.6 is 0 Å². The Morgan fingerprint density at radius 1 is 1.30 bits per heavy atom.